The van der Waals surface area contributed by atoms with Crippen molar-refractivity contribution >= 4 is 5.69 Å². The molecule has 3 nitrogen and oxygen atoms in total. The molecule has 0 aliphatic carbocycles. The highest BCUT2D eigenvalue weighted by Crippen LogP contribution is 2.31. The van der Waals surface area contributed by atoms with Crippen LogP contribution in [0.25, 0.3) is 0 Å². The highest BCUT2D eigenvalue weighted by atomic mass is 16.5. The first-order valence-electron chi connectivity index (χ1n) is 8.46. The minimum Gasteiger partial charge on any atom is -0.493 e. The smallest absolute Gasteiger partial charge is 0.124 e. The Morgan fingerprint density at radius 2 is 2.10 bits per heavy atom. The molecule has 3 rings (SSSR count). The molecule has 0 saturated carbocycles. The van der Waals surface area contributed by atoms with E-state index in [-0.39, 0.29) is 0 Å². The van der Waals surface area contributed by atoms with Gasteiger partial charge in [-0.3, -0.25) is 0 Å². The summed E-state index contributed by atoms with van der Waals surface area (Å²) in [7, 11) is 0. The maximum absolute atomic E-state index is 6.18. The fourth-order valence-electron chi connectivity index (χ4n) is 3.46. The summed E-state index contributed by atoms with van der Waals surface area (Å²) in [6, 6.07) is 7.09. The van der Waals surface area contributed by atoms with Crippen LogP contribution in [0.5, 0.6) is 5.75 Å². The van der Waals surface area contributed by atoms with E-state index in [1.165, 1.54) is 43.6 Å². The number of piperidine rings is 1. The average Bonchev–Trinajstić information content (AvgIpc) is 2.53. The lowest BCUT2D eigenvalue weighted by molar-refractivity contribution is 0.119. The maximum atomic E-state index is 6.18. The maximum Gasteiger partial charge on any atom is 0.124 e. The van der Waals surface area contributed by atoms with Crippen LogP contribution in [0, 0.1) is 5.92 Å². The van der Waals surface area contributed by atoms with Crippen molar-refractivity contribution < 1.29 is 4.74 Å². The molecule has 1 N–H and O–H groups in total. The van der Waals surface area contributed by atoms with Crippen molar-refractivity contribution in [1.29, 1.82) is 0 Å². The highest BCUT2D eigenvalue weighted by molar-refractivity contribution is 5.59. The van der Waals surface area contributed by atoms with Crippen LogP contribution in [0.2, 0.25) is 0 Å². The van der Waals surface area contributed by atoms with Crippen LogP contribution < -0.4 is 10.1 Å². The first kappa shape index (κ1) is 14.7. The third-order valence-electron chi connectivity index (χ3n) is 4.91. The van der Waals surface area contributed by atoms with Crippen molar-refractivity contribution in [2.75, 3.05) is 31.6 Å². The molecule has 1 saturated heterocycles. The molecule has 1 aromatic rings. The minimum absolute atomic E-state index is 0.680. The largest absolute Gasteiger partial charge is 0.493 e. The summed E-state index contributed by atoms with van der Waals surface area (Å²) in [6.07, 6.45) is 4.89. The molecule has 0 bridgehead atoms. The number of anilines is 1. The lowest BCUT2D eigenvalue weighted by Crippen LogP contribution is -2.39. The van der Waals surface area contributed by atoms with Gasteiger partial charge in [0, 0.05) is 23.8 Å². The van der Waals surface area contributed by atoms with Crippen molar-refractivity contribution in [3.63, 3.8) is 0 Å². The van der Waals surface area contributed by atoms with Crippen LogP contribution >= 0.6 is 0 Å². The van der Waals surface area contributed by atoms with Gasteiger partial charge in [-0.15, -0.1) is 0 Å². The van der Waals surface area contributed by atoms with Crippen LogP contribution in [-0.2, 0) is 6.42 Å². The van der Waals surface area contributed by atoms with Gasteiger partial charge in [0.1, 0.15) is 5.75 Å². The first-order chi connectivity index (χ1) is 10.2. The third kappa shape index (κ3) is 3.52. The average molecular weight is 288 g/mol. The highest BCUT2D eigenvalue weighted by Gasteiger charge is 2.22. The van der Waals surface area contributed by atoms with E-state index in [9.17, 15) is 0 Å². The Kier molecular flexibility index (Phi) is 4.69. The zero-order chi connectivity index (χ0) is 14.7. The number of hydrogen-bond acceptors (Lipinski definition) is 3. The Labute approximate surface area is 128 Å². The van der Waals surface area contributed by atoms with E-state index in [4.69, 9.17) is 4.74 Å². The molecule has 0 unspecified atom stereocenters. The van der Waals surface area contributed by atoms with Crippen molar-refractivity contribution in [3.8, 4) is 5.75 Å². The van der Waals surface area contributed by atoms with Crippen LogP contribution in [0.4, 0.5) is 5.69 Å². The van der Waals surface area contributed by atoms with Gasteiger partial charge in [0.15, 0.2) is 0 Å². The summed E-state index contributed by atoms with van der Waals surface area (Å²) >= 11 is 0. The van der Waals surface area contributed by atoms with Crippen molar-refractivity contribution in [1.82, 2.24) is 4.90 Å². The second-order valence-electron chi connectivity index (χ2n) is 6.70. The number of hydrogen-bond donors (Lipinski definition) is 1. The van der Waals surface area contributed by atoms with Gasteiger partial charge in [-0.2, -0.15) is 0 Å². The van der Waals surface area contributed by atoms with Gasteiger partial charge in [0.2, 0.25) is 0 Å². The zero-order valence-electron chi connectivity index (χ0n) is 13.4. The third-order valence-corrected chi connectivity index (χ3v) is 4.91. The molecule has 2 heterocycles. The first-order valence-corrected chi connectivity index (χ1v) is 8.46. The quantitative estimate of drug-likeness (QED) is 0.917. The van der Waals surface area contributed by atoms with E-state index < -0.39 is 0 Å². The van der Waals surface area contributed by atoms with Crippen LogP contribution in [-0.4, -0.2) is 37.2 Å². The Bertz CT molecular complexity index is 464. The molecule has 1 aromatic carbocycles. The van der Waals surface area contributed by atoms with E-state index in [0.29, 0.717) is 12.0 Å². The second kappa shape index (κ2) is 6.69. The van der Waals surface area contributed by atoms with E-state index in [0.717, 1.165) is 25.3 Å². The summed E-state index contributed by atoms with van der Waals surface area (Å²) in [6.45, 7) is 8.99. The van der Waals surface area contributed by atoms with E-state index in [2.05, 4.69) is 42.3 Å². The molecule has 0 aromatic heterocycles. The normalized spacial score (nSPS) is 20.1. The van der Waals surface area contributed by atoms with E-state index in [1.807, 2.05) is 0 Å². The molecule has 0 radical (unpaired) electrons. The van der Waals surface area contributed by atoms with Gasteiger partial charge in [-0.1, -0.05) is 6.07 Å². The van der Waals surface area contributed by atoms with Crippen LogP contribution in [0.3, 0.4) is 0 Å². The molecule has 0 spiro atoms. The lowest BCUT2D eigenvalue weighted by atomic mass is 9.97. The molecule has 1 fully saturated rings. The molecule has 3 heteroatoms. The fourth-order valence-corrected chi connectivity index (χ4v) is 3.46. The van der Waals surface area contributed by atoms with Gasteiger partial charge >= 0.3 is 0 Å². The van der Waals surface area contributed by atoms with Crippen molar-refractivity contribution in [2.24, 2.45) is 5.92 Å². The van der Waals surface area contributed by atoms with Gasteiger partial charge in [-0.25, -0.2) is 0 Å². The Hall–Kier alpha value is -1.22. The molecule has 21 heavy (non-hydrogen) atoms. The molecule has 0 atom stereocenters. The number of ether oxygens (including phenoxy) is 1. The summed E-state index contributed by atoms with van der Waals surface area (Å²) in [5.74, 6) is 1.82. The van der Waals surface area contributed by atoms with Gasteiger partial charge in [0.05, 0.1) is 6.61 Å². The Morgan fingerprint density at radius 3 is 2.86 bits per heavy atom. The topological polar surface area (TPSA) is 24.5 Å². The fraction of sp³-hybridized carbons (Fsp3) is 0.667. The van der Waals surface area contributed by atoms with Crippen LogP contribution in [0.1, 0.15) is 38.7 Å². The van der Waals surface area contributed by atoms with E-state index >= 15 is 0 Å². The minimum atomic E-state index is 0.680. The van der Waals surface area contributed by atoms with Crippen molar-refractivity contribution in [2.45, 2.75) is 45.6 Å². The predicted octanol–water partition coefficient (Wildman–Crippen LogP) is 3.54. The monoisotopic (exact) mass is 288 g/mol. The molecule has 116 valence electrons. The zero-order valence-corrected chi connectivity index (χ0v) is 13.4. The van der Waals surface area contributed by atoms with Gasteiger partial charge < -0.3 is 15.0 Å². The number of benzene rings is 1. The Morgan fingerprint density at radius 1 is 1.29 bits per heavy atom. The van der Waals surface area contributed by atoms with Crippen molar-refractivity contribution in [3.05, 3.63) is 23.8 Å². The van der Waals surface area contributed by atoms with Gasteiger partial charge in [0.25, 0.3) is 0 Å². The molecular weight excluding hydrogens is 260 g/mol. The number of nitrogens with one attached hydrogen (secondary N) is 1. The van der Waals surface area contributed by atoms with Gasteiger partial charge in [-0.05, 0) is 70.7 Å². The summed E-state index contributed by atoms with van der Waals surface area (Å²) in [5, 5.41) is 3.47. The molecule has 2 aliphatic rings. The summed E-state index contributed by atoms with van der Waals surface area (Å²) in [4.78, 5) is 2.57. The molecule has 0 amide bonds. The number of rotatable bonds is 4. The summed E-state index contributed by atoms with van der Waals surface area (Å²) in [5.41, 5.74) is 2.65. The lowest BCUT2D eigenvalue weighted by Gasteiger charge is -2.34. The molecule has 2 aliphatic heterocycles. The number of likely N-dealkylation sites (tertiary alicyclic amines) is 1. The second-order valence-corrected chi connectivity index (χ2v) is 6.70. The van der Waals surface area contributed by atoms with Crippen LogP contribution in [0.15, 0.2) is 18.2 Å². The number of nitrogens with zero attached hydrogens (tertiary/aromatic N) is 1. The number of fused-ring (bicyclic) bond motifs is 1. The Balaban J connectivity index is 1.54. The SMILES string of the molecule is CC(C)N1CCC(COc2cccc3c2CCCN3)CC1. The summed E-state index contributed by atoms with van der Waals surface area (Å²) < 4.78 is 6.18. The molecular formula is C18H28N2O. The standard InChI is InChI=1S/C18H28N2O/c1-14(2)20-11-8-15(9-12-20)13-21-18-7-3-6-17-16(18)5-4-10-19-17/h3,6-7,14-15,19H,4-5,8-13H2,1-2H3. The predicted molar refractivity (Wildman–Crippen MR) is 88.2 cm³/mol. The van der Waals surface area contributed by atoms with E-state index in [1.54, 1.807) is 0 Å².